The topological polar surface area (TPSA) is 0 Å². The van der Waals surface area contributed by atoms with Gasteiger partial charge in [-0.3, -0.25) is 0 Å². The number of allylic oxidation sites excluding steroid dienone is 2. The van der Waals surface area contributed by atoms with Crippen molar-refractivity contribution in [3.8, 4) is 0 Å². The number of alkyl halides is 3. The van der Waals surface area contributed by atoms with Gasteiger partial charge in [-0.25, -0.2) is 8.78 Å². The molecule has 5 heteroatoms. The third kappa shape index (κ3) is 5.85. The van der Waals surface area contributed by atoms with Crippen LogP contribution in [0.4, 0.5) is 22.0 Å². The van der Waals surface area contributed by atoms with Gasteiger partial charge < -0.3 is 0 Å². The van der Waals surface area contributed by atoms with Crippen molar-refractivity contribution in [3.05, 3.63) is 47.0 Å². The van der Waals surface area contributed by atoms with Crippen molar-refractivity contribution in [2.75, 3.05) is 0 Å². The van der Waals surface area contributed by atoms with Crippen molar-refractivity contribution in [2.45, 2.75) is 89.6 Å². The zero-order valence-electron chi connectivity index (χ0n) is 17.8. The molecule has 2 saturated carbocycles. The Labute approximate surface area is 176 Å². The molecular formula is C25H33F5. The molecule has 0 aliphatic heterocycles. The largest absolute Gasteiger partial charge is 0.422 e. The fourth-order valence-corrected chi connectivity index (χ4v) is 5.66. The van der Waals surface area contributed by atoms with E-state index >= 15 is 0 Å². The monoisotopic (exact) mass is 428 g/mol. The van der Waals surface area contributed by atoms with Gasteiger partial charge in [0.15, 0.2) is 0 Å². The molecule has 0 aromatic heterocycles. The molecule has 0 atom stereocenters. The van der Waals surface area contributed by atoms with Crippen LogP contribution in [0.5, 0.6) is 0 Å². The van der Waals surface area contributed by atoms with Crippen molar-refractivity contribution in [1.82, 2.24) is 0 Å². The number of rotatable bonds is 6. The first-order chi connectivity index (χ1) is 14.3. The molecule has 0 bridgehead atoms. The first-order valence-electron chi connectivity index (χ1n) is 11.5. The van der Waals surface area contributed by atoms with Crippen LogP contribution < -0.4 is 0 Å². The Kier molecular flexibility index (Phi) is 7.98. The third-order valence-corrected chi connectivity index (χ3v) is 7.37. The molecule has 2 aliphatic carbocycles. The second-order valence-corrected chi connectivity index (χ2v) is 9.25. The summed E-state index contributed by atoms with van der Waals surface area (Å²) in [6.45, 7) is 2.06. The lowest BCUT2D eigenvalue weighted by Crippen LogP contribution is -2.25. The van der Waals surface area contributed by atoms with E-state index in [1.165, 1.54) is 44.9 Å². The second kappa shape index (κ2) is 10.3. The van der Waals surface area contributed by atoms with Crippen LogP contribution in [0.3, 0.4) is 0 Å². The lowest BCUT2D eigenvalue weighted by atomic mass is 9.68. The van der Waals surface area contributed by atoms with E-state index in [0.29, 0.717) is 11.5 Å². The van der Waals surface area contributed by atoms with Gasteiger partial charge in [-0.2, -0.15) is 13.2 Å². The molecule has 0 N–H and O–H groups in total. The van der Waals surface area contributed by atoms with Crippen LogP contribution in [0.25, 0.3) is 0 Å². The van der Waals surface area contributed by atoms with Crippen LogP contribution in [0, 0.1) is 29.4 Å². The summed E-state index contributed by atoms with van der Waals surface area (Å²) < 4.78 is 66.2. The molecule has 3 rings (SSSR count). The number of hydrogen-bond acceptors (Lipinski definition) is 0. The normalized spacial score (nSPS) is 28.2. The number of halogens is 5. The quantitative estimate of drug-likeness (QED) is 0.241. The van der Waals surface area contributed by atoms with Gasteiger partial charge in [0.25, 0.3) is 0 Å². The summed E-state index contributed by atoms with van der Waals surface area (Å²) in [5.74, 6) is -0.802. The van der Waals surface area contributed by atoms with Gasteiger partial charge in [0.05, 0.1) is 0 Å². The highest BCUT2D eigenvalue weighted by molar-refractivity contribution is 5.30. The van der Waals surface area contributed by atoms with E-state index in [1.54, 1.807) is 0 Å². The molecule has 0 saturated heterocycles. The summed E-state index contributed by atoms with van der Waals surface area (Å²) in [6.07, 6.45) is 11.9. The van der Waals surface area contributed by atoms with Gasteiger partial charge in [-0.1, -0.05) is 31.4 Å². The van der Waals surface area contributed by atoms with Crippen molar-refractivity contribution in [1.29, 1.82) is 0 Å². The molecule has 0 nitrogen and oxygen atoms in total. The fraction of sp³-hybridized carbons (Fsp3) is 0.680. The molecular weight excluding hydrogens is 395 g/mol. The van der Waals surface area contributed by atoms with Gasteiger partial charge in [0.2, 0.25) is 0 Å². The third-order valence-electron chi connectivity index (χ3n) is 7.37. The Morgan fingerprint density at radius 1 is 0.867 bits per heavy atom. The van der Waals surface area contributed by atoms with Gasteiger partial charge in [-0.05, 0) is 99.7 Å². The van der Waals surface area contributed by atoms with E-state index in [2.05, 4.69) is 19.1 Å². The standard InChI is InChI=1S/C25H33F5/c1-2-3-4-5-6-17-7-9-18(10-8-17)19-11-13-20(14-12-19)21-15-22(26)24(23(27)16-21)25(28,29)30/h2-3,15-20H,4-14H2,1H3/b3-2+/t17-,18-,19-,20-. The summed E-state index contributed by atoms with van der Waals surface area (Å²) in [4.78, 5) is 0. The highest BCUT2D eigenvalue weighted by atomic mass is 19.4. The molecule has 2 aliphatic rings. The van der Waals surface area contributed by atoms with Crippen LogP contribution in [0.15, 0.2) is 24.3 Å². The minimum Gasteiger partial charge on any atom is -0.206 e. The second-order valence-electron chi connectivity index (χ2n) is 9.25. The van der Waals surface area contributed by atoms with Crippen LogP contribution in [-0.4, -0.2) is 0 Å². The Morgan fingerprint density at radius 2 is 1.40 bits per heavy atom. The summed E-state index contributed by atoms with van der Waals surface area (Å²) in [5, 5.41) is 0. The van der Waals surface area contributed by atoms with Crippen LogP contribution in [0.1, 0.15) is 94.6 Å². The maximum Gasteiger partial charge on any atom is 0.422 e. The fourth-order valence-electron chi connectivity index (χ4n) is 5.66. The molecule has 0 heterocycles. The molecule has 30 heavy (non-hydrogen) atoms. The van der Waals surface area contributed by atoms with Crippen LogP contribution in [-0.2, 0) is 6.18 Å². The van der Waals surface area contributed by atoms with E-state index in [1.807, 2.05) is 0 Å². The van der Waals surface area contributed by atoms with Crippen molar-refractivity contribution >= 4 is 0 Å². The molecule has 1 aromatic rings. The van der Waals surface area contributed by atoms with Gasteiger partial charge in [-0.15, -0.1) is 0 Å². The smallest absolute Gasteiger partial charge is 0.206 e. The van der Waals surface area contributed by atoms with E-state index in [-0.39, 0.29) is 5.92 Å². The van der Waals surface area contributed by atoms with Crippen molar-refractivity contribution in [2.24, 2.45) is 17.8 Å². The average molecular weight is 429 g/mol. The Morgan fingerprint density at radius 3 is 1.90 bits per heavy atom. The van der Waals surface area contributed by atoms with E-state index in [4.69, 9.17) is 0 Å². The number of unbranched alkanes of at least 4 members (excludes halogenated alkanes) is 1. The average Bonchev–Trinajstić information content (AvgIpc) is 2.70. The molecule has 0 amide bonds. The molecule has 0 spiro atoms. The highest BCUT2D eigenvalue weighted by Crippen LogP contribution is 2.45. The molecule has 0 radical (unpaired) electrons. The molecule has 168 valence electrons. The van der Waals surface area contributed by atoms with Crippen LogP contribution in [0.2, 0.25) is 0 Å². The Hall–Kier alpha value is -1.39. The lowest BCUT2D eigenvalue weighted by molar-refractivity contribution is -0.142. The Balaban J connectivity index is 1.49. The zero-order chi connectivity index (χ0) is 21.7. The minimum absolute atomic E-state index is 0.0458. The summed E-state index contributed by atoms with van der Waals surface area (Å²) in [7, 11) is 0. The first-order valence-corrected chi connectivity index (χ1v) is 11.5. The predicted molar refractivity (Wildman–Crippen MR) is 110 cm³/mol. The van der Waals surface area contributed by atoms with Gasteiger partial charge in [0, 0.05) is 0 Å². The molecule has 0 unspecified atom stereocenters. The first kappa shape index (κ1) is 23.3. The summed E-state index contributed by atoms with van der Waals surface area (Å²) in [5.41, 5.74) is -1.40. The van der Waals surface area contributed by atoms with Crippen molar-refractivity contribution in [3.63, 3.8) is 0 Å². The maximum atomic E-state index is 13.9. The van der Waals surface area contributed by atoms with E-state index < -0.39 is 23.4 Å². The zero-order valence-corrected chi connectivity index (χ0v) is 17.8. The summed E-state index contributed by atoms with van der Waals surface area (Å²) >= 11 is 0. The van der Waals surface area contributed by atoms with Crippen LogP contribution >= 0.6 is 0 Å². The minimum atomic E-state index is -5.00. The van der Waals surface area contributed by atoms with E-state index in [9.17, 15) is 22.0 Å². The Bertz CT molecular complexity index is 682. The molecule has 1 aromatic carbocycles. The van der Waals surface area contributed by atoms with E-state index in [0.717, 1.165) is 49.7 Å². The summed E-state index contributed by atoms with van der Waals surface area (Å²) in [6, 6.07) is 1.80. The maximum absolute atomic E-state index is 13.9. The van der Waals surface area contributed by atoms with Gasteiger partial charge >= 0.3 is 6.18 Å². The predicted octanol–water partition coefficient (Wildman–Crippen LogP) is 8.81. The number of hydrogen-bond donors (Lipinski definition) is 0. The lowest BCUT2D eigenvalue weighted by Gasteiger charge is -2.38. The van der Waals surface area contributed by atoms with Crippen molar-refractivity contribution < 1.29 is 22.0 Å². The highest BCUT2D eigenvalue weighted by Gasteiger charge is 2.39. The number of benzene rings is 1. The molecule has 2 fully saturated rings. The SMILES string of the molecule is C/C=C/CCC[C@H]1CC[C@H]([C@H]2CC[C@H](c3cc(F)c(C(F)(F)F)c(F)c3)CC2)CC1. The van der Waals surface area contributed by atoms with Gasteiger partial charge in [0.1, 0.15) is 17.2 Å².